The molecule has 0 aliphatic rings. The molecule has 0 aliphatic heterocycles. The van der Waals surface area contributed by atoms with Gasteiger partial charge in [-0.2, -0.15) is 4.98 Å². The summed E-state index contributed by atoms with van der Waals surface area (Å²) >= 11 is 0. The van der Waals surface area contributed by atoms with Gasteiger partial charge < -0.3 is 23.9 Å². The highest BCUT2D eigenvalue weighted by molar-refractivity contribution is 6.07. The van der Waals surface area contributed by atoms with E-state index in [1.165, 1.54) is 6.08 Å². The number of ether oxygens (including phenoxy) is 3. The molecule has 0 amide bonds. The predicted octanol–water partition coefficient (Wildman–Crippen LogP) is 5.49. The molecule has 1 aromatic heterocycles. The molecule has 0 fully saturated rings. The quantitative estimate of drug-likeness (QED) is 0.292. The van der Waals surface area contributed by atoms with Crippen molar-refractivity contribution >= 4 is 34.7 Å². The van der Waals surface area contributed by atoms with Gasteiger partial charge in [0.2, 0.25) is 5.75 Å². The number of ketones is 1. The molecule has 7 heteroatoms. The smallest absolute Gasteiger partial charge is 0.300 e. The summed E-state index contributed by atoms with van der Waals surface area (Å²) in [6.45, 7) is 0. The topological polar surface area (TPSA) is 82.8 Å². The lowest BCUT2D eigenvalue weighted by Crippen LogP contribution is -1.97. The molecule has 0 spiro atoms. The average molecular weight is 430 g/mol. The van der Waals surface area contributed by atoms with Crippen molar-refractivity contribution in [3.63, 3.8) is 0 Å². The largest absolute Gasteiger partial charge is 0.493 e. The SMILES string of the molecule is COc1cc(/C=C/C(=O)c2ccc(Nc3nc4ccccc4o3)cc2)cc(OC)c1OC. The molecule has 0 aliphatic carbocycles. The van der Waals surface area contributed by atoms with Gasteiger partial charge >= 0.3 is 0 Å². The molecule has 4 aromatic rings. The minimum atomic E-state index is -0.132. The lowest BCUT2D eigenvalue weighted by Gasteiger charge is -2.12. The zero-order valence-electron chi connectivity index (χ0n) is 17.9. The van der Waals surface area contributed by atoms with E-state index in [0.29, 0.717) is 34.4 Å². The number of nitrogens with one attached hydrogen (secondary N) is 1. The normalized spacial score (nSPS) is 11.0. The Labute approximate surface area is 185 Å². The standard InChI is InChI=1S/C25H22N2O5/c1-29-22-14-16(15-23(30-2)24(22)31-3)8-13-20(28)17-9-11-18(12-10-17)26-25-27-19-6-4-5-7-21(19)32-25/h4-15H,1-3H3,(H,26,27)/b13-8+. The summed E-state index contributed by atoms with van der Waals surface area (Å²) in [5.74, 6) is 1.41. The zero-order chi connectivity index (χ0) is 22.5. The molecular weight excluding hydrogens is 408 g/mol. The molecule has 3 aromatic carbocycles. The molecule has 0 atom stereocenters. The second-order valence-corrected chi connectivity index (χ2v) is 6.85. The summed E-state index contributed by atoms with van der Waals surface area (Å²) in [7, 11) is 4.64. The maximum Gasteiger partial charge on any atom is 0.300 e. The van der Waals surface area contributed by atoms with Crippen LogP contribution in [0.4, 0.5) is 11.7 Å². The van der Waals surface area contributed by atoms with E-state index in [-0.39, 0.29) is 5.78 Å². The molecule has 1 heterocycles. The summed E-state index contributed by atoms with van der Waals surface area (Å²) in [6.07, 6.45) is 3.21. The van der Waals surface area contributed by atoms with Gasteiger partial charge in [-0.15, -0.1) is 0 Å². The first-order chi connectivity index (χ1) is 15.6. The summed E-state index contributed by atoms with van der Waals surface area (Å²) in [6, 6.07) is 18.6. The van der Waals surface area contributed by atoms with Crippen LogP contribution in [0.5, 0.6) is 17.2 Å². The van der Waals surface area contributed by atoms with Crippen molar-refractivity contribution in [1.29, 1.82) is 0 Å². The third kappa shape index (κ3) is 4.41. The Balaban J connectivity index is 1.47. The van der Waals surface area contributed by atoms with Crippen LogP contribution in [0.15, 0.2) is 71.2 Å². The zero-order valence-corrected chi connectivity index (χ0v) is 17.9. The van der Waals surface area contributed by atoms with Crippen molar-refractivity contribution in [3.8, 4) is 17.2 Å². The number of methoxy groups -OCH3 is 3. The highest BCUT2D eigenvalue weighted by atomic mass is 16.5. The van der Waals surface area contributed by atoms with Crippen LogP contribution in [-0.2, 0) is 0 Å². The van der Waals surface area contributed by atoms with Crippen molar-refractivity contribution in [3.05, 3.63) is 77.9 Å². The molecule has 0 saturated heterocycles. The molecule has 162 valence electrons. The number of nitrogens with zero attached hydrogens (tertiary/aromatic N) is 1. The van der Waals surface area contributed by atoms with Crippen LogP contribution in [0, 0.1) is 0 Å². The Kier molecular flexibility index (Phi) is 6.07. The minimum absolute atomic E-state index is 0.132. The van der Waals surface area contributed by atoms with Gasteiger partial charge in [0.25, 0.3) is 6.01 Å². The van der Waals surface area contributed by atoms with E-state index in [1.807, 2.05) is 24.3 Å². The Hall–Kier alpha value is -4.26. The molecule has 0 unspecified atom stereocenters. The van der Waals surface area contributed by atoms with E-state index in [1.54, 1.807) is 63.8 Å². The molecular formula is C25H22N2O5. The Morgan fingerprint density at radius 3 is 2.25 bits per heavy atom. The van der Waals surface area contributed by atoms with Gasteiger partial charge in [-0.25, -0.2) is 0 Å². The number of hydrogen-bond donors (Lipinski definition) is 1. The Morgan fingerprint density at radius 1 is 0.938 bits per heavy atom. The molecule has 0 bridgehead atoms. The fraction of sp³-hybridized carbons (Fsp3) is 0.120. The van der Waals surface area contributed by atoms with Gasteiger partial charge in [0, 0.05) is 11.3 Å². The first-order valence-electron chi connectivity index (χ1n) is 9.86. The van der Waals surface area contributed by atoms with Crippen LogP contribution in [0.3, 0.4) is 0 Å². The van der Waals surface area contributed by atoms with Gasteiger partial charge in [0.15, 0.2) is 22.9 Å². The minimum Gasteiger partial charge on any atom is -0.493 e. The number of anilines is 2. The molecule has 32 heavy (non-hydrogen) atoms. The number of aromatic nitrogens is 1. The number of benzene rings is 3. The molecule has 7 nitrogen and oxygen atoms in total. The molecule has 4 rings (SSSR count). The van der Waals surface area contributed by atoms with Crippen molar-refractivity contribution in [2.45, 2.75) is 0 Å². The van der Waals surface area contributed by atoms with Crippen molar-refractivity contribution in [2.75, 3.05) is 26.6 Å². The van der Waals surface area contributed by atoms with Crippen LogP contribution in [0.25, 0.3) is 17.2 Å². The third-order valence-corrected chi connectivity index (χ3v) is 4.83. The number of carbonyl (C=O) groups excluding carboxylic acids is 1. The van der Waals surface area contributed by atoms with Gasteiger partial charge in [-0.1, -0.05) is 18.2 Å². The number of allylic oxidation sites excluding steroid dienone is 1. The number of fused-ring (bicyclic) bond motifs is 1. The first kappa shape index (κ1) is 21.0. The summed E-state index contributed by atoms with van der Waals surface area (Å²) in [5.41, 5.74) is 3.55. The molecule has 0 radical (unpaired) electrons. The van der Waals surface area contributed by atoms with E-state index in [4.69, 9.17) is 18.6 Å². The summed E-state index contributed by atoms with van der Waals surface area (Å²) in [4.78, 5) is 17.0. The average Bonchev–Trinajstić information content (AvgIpc) is 3.24. The van der Waals surface area contributed by atoms with Crippen LogP contribution in [-0.4, -0.2) is 32.1 Å². The van der Waals surface area contributed by atoms with Gasteiger partial charge in [0.05, 0.1) is 21.3 Å². The van der Waals surface area contributed by atoms with Crippen LogP contribution in [0.1, 0.15) is 15.9 Å². The number of hydrogen-bond acceptors (Lipinski definition) is 7. The van der Waals surface area contributed by atoms with Crippen LogP contribution >= 0.6 is 0 Å². The Bertz CT molecular complexity index is 1220. The van der Waals surface area contributed by atoms with Gasteiger partial charge in [-0.05, 0) is 60.2 Å². The van der Waals surface area contributed by atoms with E-state index in [9.17, 15) is 4.79 Å². The van der Waals surface area contributed by atoms with Crippen molar-refractivity contribution in [1.82, 2.24) is 4.98 Å². The molecule has 0 saturated carbocycles. The third-order valence-electron chi connectivity index (χ3n) is 4.83. The van der Waals surface area contributed by atoms with Crippen molar-refractivity contribution in [2.24, 2.45) is 0 Å². The highest BCUT2D eigenvalue weighted by Gasteiger charge is 2.12. The Morgan fingerprint density at radius 2 is 1.62 bits per heavy atom. The second-order valence-electron chi connectivity index (χ2n) is 6.85. The van der Waals surface area contributed by atoms with E-state index in [2.05, 4.69) is 10.3 Å². The van der Waals surface area contributed by atoms with Crippen molar-refractivity contribution < 1.29 is 23.4 Å². The number of rotatable bonds is 8. The predicted molar refractivity (Wildman–Crippen MR) is 123 cm³/mol. The summed E-state index contributed by atoms with van der Waals surface area (Å²) < 4.78 is 21.7. The van der Waals surface area contributed by atoms with E-state index < -0.39 is 0 Å². The number of oxazole rings is 1. The number of para-hydroxylation sites is 2. The second kappa shape index (κ2) is 9.26. The van der Waals surface area contributed by atoms with E-state index >= 15 is 0 Å². The fourth-order valence-corrected chi connectivity index (χ4v) is 3.23. The first-order valence-corrected chi connectivity index (χ1v) is 9.86. The molecule has 1 N–H and O–H groups in total. The fourth-order valence-electron chi connectivity index (χ4n) is 3.23. The van der Waals surface area contributed by atoms with Gasteiger partial charge in [0.1, 0.15) is 5.52 Å². The highest BCUT2D eigenvalue weighted by Crippen LogP contribution is 2.38. The number of carbonyl (C=O) groups is 1. The lowest BCUT2D eigenvalue weighted by atomic mass is 10.1. The van der Waals surface area contributed by atoms with Crippen LogP contribution in [0.2, 0.25) is 0 Å². The van der Waals surface area contributed by atoms with E-state index in [0.717, 1.165) is 16.8 Å². The monoisotopic (exact) mass is 430 g/mol. The van der Waals surface area contributed by atoms with Gasteiger partial charge in [-0.3, -0.25) is 4.79 Å². The maximum absolute atomic E-state index is 12.6. The van der Waals surface area contributed by atoms with Crippen LogP contribution < -0.4 is 19.5 Å². The maximum atomic E-state index is 12.6. The lowest BCUT2D eigenvalue weighted by molar-refractivity contribution is 0.104. The summed E-state index contributed by atoms with van der Waals surface area (Å²) in [5, 5.41) is 3.11.